The minimum absolute atomic E-state index is 0.705. The van der Waals surface area contributed by atoms with E-state index in [0.717, 1.165) is 47.3 Å². The molecule has 3 heteroatoms. The Morgan fingerprint density at radius 2 is 2.00 bits per heavy atom. The minimum Gasteiger partial charge on any atom is -0.493 e. The van der Waals surface area contributed by atoms with Crippen molar-refractivity contribution >= 4 is 11.6 Å². The SMILES string of the molecule is CCCCOc1ccc(Cl)cc1Cc1cc(C)c(C)o1. The van der Waals surface area contributed by atoms with Gasteiger partial charge >= 0.3 is 0 Å². The summed E-state index contributed by atoms with van der Waals surface area (Å²) in [5, 5.41) is 0.725. The van der Waals surface area contributed by atoms with Crippen molar-refractivity contribution in [2.75, 3.05) is 6.61 Å². The first kappa shape index (κ1) is 15.0. The van der Waals surface area contributed by atoms with Gasteiger partial charge in [-0.25, -0.2) is 0 Å². The van der Waals surface area contributed by atoms with Gasteiger partial charge in [-0.1, -0.05) is 24.9 Å². The first-order chi connectivity index (χ1) is 9.60. The standard InChI is InChI=1S/C17H21ClO2/c1-4-5-8-19-17-7-6-15(18)10-14(17)11-16-9-12(2)13(3)20-16/h6-7,9-10H,4-5,8,11H2,1-3H3. The molecule has 0 atom stereocenters. The van der Waals surface area contributed by atoms with E-state index in [9.17, 15) is 0 Å². The number of unbranched alkanes of at least 4 members (excludes halogenated alkanes) is 1. The van der Waals surface area contributed by atoms with Crippen LogP contribution in [-0.2, 0) is 6.42 Å². The van der Waals surface area contributed by atoms with E-state index in [4.69, 9.17) is 20.8 Å². The van der Waals surface area contributed by atoms with Crippen LogP contribution in [-0.4, -0.2) is 6.61 Å². The van der Waals surface area contributed by atoms with Crippen molar-refractivity contribution in [3.05, 3.63) is 51.9 Å². The fourth-order valence-corrected chi connectivity index (χ4v) is 2.27. The number of halogens is 1. The number of furan rings is 1. The predicted molar refractivity (Wildman–Crippen MR) is 82.8 cm³/mol. The van der Waals surface area contributed by atoms with E-state index in [1.165, 1.54) is 5.56 Å². The monoisotopic (exact) mass is 292 g/mol. The highest BCUT2D eigenvalue weighted by atomic mass is 35.5. The van der Waals surface area contributed by atoms with Crippen molar-refractivity contribution in [3.63, 3.8) is 0 Å². The molecule has 0 bridgehead atoms. The average Bonchev–Trinajstić information content (AvgIpc) is 2.71. The maximum atomic E-state index is 6.09. The number of hydrogen-bond acceptors (Lipinski definition) is 2. The lowest BCUT2D eigenvalue weighted by Gasteiger charge is -2.11. The molecule has 0 spiro atoms. The highest BCUT2D eigenvalue weighted by Crippen LogP contribution is 2.27. The van der Waals surface area contributed by atoms with Crippen LogP contribution < -0.4 is 4.74 Å². The Morgan fingerprint density at radius 3 is 2.65 bits per heavy atom. The van der Waals surface area contributed by atoms with Crippen molar-refractivity contribution in [2.45, 2.75) is 40.0 Å². The molecule has 2 aromatic rings. The van der Waals surface area contributed by atoms with E-state index in [0.29, 0.717) is 6.42 Å². The lowest BCUT2D eigenvalue weighted by Crippen LogP contribution is -2.00. The second-order valence-electron chi connectivity index (χ2n) is 5.08. The highest BCUT2D eigenvalue weighted by molar-refractivity contribution is 6.30. The van der Waals surface area contributed by atoms with Gasteiger partial charge in [-0.3, -0.25) is 0 Å². The van der Waals surface area contributed by atoms with Gasteiger partial charge < -0.3 is 9.15 Å². The molecule has 2 nitrogen and oxygen atoms in total. The van der Waals surface area contributed by atoms with Crippen molar-refractivity contribution in [1.29, 1.82) is 0 Å². The van der Waals surface area contributed by atoms with Crippen LogP contribution in [0.4, 0.5) is 0 Å². The first-order valence-electron chi connectivity index (χ1n) is 7.07. The van der Waals surface area contributed by atoms with E-state index in [1.807, 2.05) is 25.1 Å². The summed E-state index contributed by atoms with van der Waals surface area (Å²) in [5.41, 5.74) is 2.25. The number of aryl methyl sites for hydroxylation is 2. The molecule has 0 N–H and O–H groups in total. The average molecular weight is 293 g/mol. The third kappa shape index (κ3) is 3.80. The Bertz CT molecular complexity index is 553. The van der Waals surface area contributed by atoms with E-state index in [1.54, 1.807) is 0 Å². The van der Waals surface area contributed by atoms with Gasteiger partial charge in [-0.2, -0.15) is 0 Å². The normalized spacial score (nSPS) is 10.8. The molecular weight excluding hydrogens is 272 g/mol. The van der Waals surface area contributed by atoms with Crippen LogP contribution in [0, 0.1) is 13.8 Å². The molecule has 0 amide bonds. The Balaban J connectivity index is 2.18. The number of hydrogen-bond donors (Lipinski definition) is 0. The molecule has 0 aliphatic rings. The largest absolute Gasteiger partial charge is 0.493 e. The van der Waals surface area contributed by atoms with Crippen LogP contribution >= 0.6 is 11.6 Å². The van der Waals surface area contributed by atoms with E-state index < -0.39 is 0 Å². The molecule has 0 fully saturated rings. The summed E-state index contributed by atoms with van der Waals surface area (Å²) in [7, 11) is 0. The Kier molecular flexibility index (Phi) is 5.13. The second-order valence-corrected chi connectivity index (χ2v) is 5.52. The van der Waals surface area contributed by atoms with Crippen molar-refractivity contribution in [1.82, 2.24) is 0 Å². The summed E-state index contributed by atoms with van der Waals surface area (Å²) in [6.07, 6.45) is 2.89. The maximum Gasteiger partial charge on any atom is 0.123 e. The molecule has 0 saturated carbocycles. The summed E-state index contributed by atoms with van der Waals surface area (Å²) in [5.74, 6) is 2.81. The molecule has 0 unspecified atom stereocenters. The van der Waals surface area contributed by atoms with Gasteiger partial charge in [0, 0.05) is 17.0 Å². The second kappa shape index (κ2) is 6.85. The van der Waals surface area contributed by atoms with Gasteiger partial charge in [-0.05, 0) is 50.1 Å². The maximum absolute atomic E-state index is 6.09. The highest BCUT2D eigenvalue weighted by Gasteiger charge is 2.10. The Labute approximate surface area is 125 Å². The zero-order valence-corrected chi connectivity index (χ0v) is 13.1. The molecule has 0 radical (unpaired) electrons. The van der Waals surface area contributed by atoms with E-state index in [-0.39, 0.29) is 0 Å². The molecule has 1 heterocycles. The summed E-state index contributed by atoms with van der Waals surface area (Å²) < 4.78 is 11.6. The van der Waals surface area contributed by atoms with Crippen molar-refractivity contribution in [2.24, 2.45) is 0 Å². The van der Waals surface area contributed by atoms with E-state index in [2.05, 4.69) is 19.9 Å². The third-order valence-corrected chi connectivity index (χ3v) is 3.59. The van der Waals surface area contributed by atoms with E-state index >= 15 is 0 Å². The topological polar surface area (TPSA) is 22.4 Å². The number of ether oxygens (including phenoxy) is 1. The van der Waals surface area contributed by atoms with Gasteiger partial charge in [-0.15, -0.1) is 0 Å². The van der Waals surface area contributed by atoms with Gasteiger partial charge in [0.15, 0.2) is 0 Å². The molecule has 1 aromatic heterocycles. The van der Waals surface area contributed by atoms with Crippen LogP contribution in [0.25, 0.3) is 0 Å². The summed E-state index contributed by atoms with van der Waals surface area (Å²) >= 11 is 6.09. The van der Waals surface area contributed by atoms with Gasteiger partial charge in [0.2, 0.25) is 0 Å². The quantitative estimate of drug-likeness (QED) is 0.672. The van der Waals surface area contributed by atoms with Crippen LogP contribution in [0.5, 0.6) is 5.75 Å². The molecular formula is C17H21ClO2. The van der Waals surface area contributed by atoms with Crippen LogP contribution in [0.1, 0.15) is 42.4 Å². The lowest BCUT2D eigenvalue weighted by molar-refractivity contribution is 0.306. The minimum atomic E-state index is 0.705. The number of rotatable bonds is 6. The van der Waals surface area contributed by atoms with Crippen LogP contribution in [0.3, 0.4) is 0 Å². The molecule has 1 aromatic carbocycles. The first-order valence-corrected chi connectivity index (χ1v) is 7.45. The van der Waals surface area contributed by atoms with Crippen molar-refractivity contribution < 1.29 is 9.15 Å². The molecule has 0 saturated heterocycles. The third-order valence-electron chi connectivity index (χ3n) is 3.36. The lowest BCUT2D eigenvalue weighted by atomic mass is 10.1. The van der Waals surface area contributed by atoms with Gasteiger partial charge in [0.1, 0.15) is 17.3 Å². The summed E-state index contributed by atoms with van der Waals surface area (Å²) in [6, 6.07) is 7.84. The van der Waals surface area contributed by atoms with Gasteiger partial charge in [0.05, 0.1) is 6.61 Å². The predicted octanol–water partition coefficient (Wildman–Crippen LogP) is 5.32. The molecule has 20 heavy (non-hydrogen) atoms. The number of benzene rings is 1. The molecule has 0 aliphatic carbocycles. The molecule has 108 valence electrons. The zero-order chi connectivity index (χ0) is 14.5. The Hall–Kier alpha value is -1.41. The summed E-state index contributed by atoms with van der Waals surface area (Å²) in [4.78, 5) is 0. The van der Waals surface area contributed by atoms with Crippen LogP contribution in [0.2, 0.25) is 5.02 Å². The van der Waals surface area contributed by atoms with Crippen molar-refractivity contribution in [3.8, 4) is 5.75 Å². The molecule has 2 rings (SSSR count). The zero-order valence-electron chi connectivity index (χ0n) is 12.3. The molecule has 0 aliphatic heterocycles. The Morgan fingerprint density at radius 1 is 1.20 bits per heavy atom. The summed E-state index contributed by atoms with van der Waals surface area (Å²) in [6.45, 7) is 6.93. The fraction of sp³-hybridized carbons (Fsp3) is 0.412. The van der Waals surface area contributed by atoms with Crippen LogP contribution in [0.15, 0.2) is 28.7 Å². The smallest absolute Gasteiger partial charge is 0.123 e. The van der Waals surface area contributed by atoms with Gasteiger partial charge in [0.25, 0.3) is 0 Å². The fourth-order valence-electron chi connectivity index (χ4n) is 2.08.